The first-order valence-corrected chi connectivity index (χ1v) is 6.49. The number of para-hydroxylation sites is 1. The van der Waals surface area contributed by atoms with Crippen molar-refractivity contribution >= 4 is 22.2 Å². The summed E-state index contributed by atoms with van der Waals surface area (Å²) in [7, 11) is 0. The summed E-state index contributed by atoms with van der Waals surface area (Å²) < 4.78 is 0. The lowest BCUT2D eigenvalue weighted by molar-refractivity contribution is 1.20. The summed E-state index contributed by atoms with van der Waals surface area (Å²) in [6.07, 6.45) is 2.09. The zero-order chi connectivity index (χ0) is 12.0. The van der Waals surface area contributed by atoms with Gasteiger partial charge in [-0.15, -0.1) is 11.3 Å². The monoisotopic (exact) mass is 242 g/mol. The van der Waals surface area contributed by atoms with Crippen LogP contribution < -0.4 is 0 Å². The SMILES string of the molecule is Cc1nc(C)c(-c2c[nH]c3c(C)cccc23)s1. The zero-order valence-electron chi connectivity index (χ0n) is 10.2. The molecule has 0 unspecified atom stereocenters. The van der Waals surface area contributed by atoms with Crippen molar-refractivity contribution < 1.29 is 0 Å². The quantitative estimate of drug-likeness (QED) is 0.680. The van der Waals surface area contributed by atoms with Crippen LogP contribution in [0.15, 0.2) is 24.4 Å². The Hall–Kier alpha value is -1.61. The van der Waals surface area contributed by atoms with Crippen molar-refractivity contribution in [2.75, 3.05) is 0 Å². The van der Waals surface area contributed by atoms with Gasteiger partial charge < -0.3 is 4.98 Å². The van der Waals surface area contributed by atoms with E-state index in [2.05, 4.69) is 55.1 Å². The maximum absolute atomic E-state index is 4.50. The zero-order valence-corrected chi connectivity index (χ0v) is 11.0. The summed E-state index contributed by atoms with van der Waals surface area (Å²) in [4.78, 5) is 9.15. The third-order valence-corrected chi connectivity index (χ3v) is 4.18. The third kappa shape index (κ3) is 1.58. The van der Waals surface area contributed by atoms with Crippen LogP contribution in [0.3, 0.4) is 0 Å². The summed E-state index contributed by atoms with van der Waals surface area (Å²) in [6.45, 7) is 6.27. The summed E-state index contributed by atoms with van der Waals surface area (Å²) >= 11 is 1.76. The van der Waals surface area contributed by atoms with Gasteiger partial charge in [0.2, 0.25) is 0 Å². The minimum absolute atomic E-state index is 1.12. The van der Waals surface area contributed by atoms with Gasteiger partial charge in [-0.1, -0.05) is 18.2 Å². The van der Waals surface area contributed by atoms with Gasteiger partial charge in [-0.05, 0) is 26.3 Å². The van der Waals surface area contributed by atoms with Crippen molar-refractivity contribution in [3.63, 3.8) is 0 Å². The van der Waals surface area contributed by atoms with E-state index in [0.29, 0.717) is 0 Å². The largest absolute Gasteiger partial charge is 0.360 e. The highest BCUT2D eigenvalue weighted by Gasteiger charge is 2.12. The molecular weight excluding hydrogens is 228 g/mol. The maximum Gasteiger partial charge on any atom is 0.0903 e. The van der Waals surface area contributed by atoms with E-state index in [9.17, 15) is 0 Å². The van der Waals surface area contributed by atoms with Gasteiger partial charge in [0.25, 0.3) is 0 Å². The van der Waals surface area contributed by atoms with Crippen LogP contribution in [0.1, 0.15) is 16.3 Å². The van der Waals surface area contributed by atoms with Crippen molar-refractivity contribution in [1.82, 2.24) is 9.97 Å². The average Bonchev–Trinajstić information content (AvgIpc) is 2.83. The molecule has 0 amide bonds. The molecule has 86 valence electrons. The van der Waals surface area contributed by atoms with Gasteiger partial charge in [-0.25, -0.2) is 4.98 Å². The molecule has 1 aromatic carbocycles. The lowest BCUT2D eigenvalue weighted by atomic mass is 10.1. The average molecular weight is 242 g/mol. The molecule has 1 N–H and O–H groups in total. The van der Waals surface area contributed by atoms with Crippen LogP contribution in [-0.4, -0.2) is 9.97 Å². The molecule has 0 aliphatic rings. The molecular formula is C14H14N2S. The molecule has 0 radical (unpaired) electrons. The molecule has 2 aromatic heterocycles. The van der Waals surface area contributed by atoms with E-state index in [4.69, 9.17) is 0 Å². The second-order valence-electron chi connectivity index (χ2n) is 4.35. The number of fused-ring (bicyclic) bond motifs is 1. The first-order chi connectivity index (χ1) is 8.16. The molecule has 0 spiro atoms. The number of thiazole rings is 1. The van der Waals surface area contributed by atoms with Gasteiger partial charge in [0.1, 0.15) is 0 Å². The Morgan fingerprint density at radius 1 is 1.18 bits per heavy atom. The molecule has 3 aromatic rings. The van der Waals surface area contributed by atoms with Crippen molar-refractivity contribution in [2.24, 2.45) is 0 Å². The van der Waals surface area contributed by atoms with Crippen LogP contribution in [-0.2, 0) is 0 Å². The number of hydrogen-bond donors (Lipinski definition) is 1. The molecule has 0 fully saturated rings. The Labute approximate surface area is 104 Å². The summed E-state index contributed by atoms with van der Waals surface area (Å²) in [6, 6.07) is 6.41. The number of H-pyrrole nitrogens is 1. The number of nitrogens with zero attached hydrogens (tertiary/aromatic N) is 1. The van der Waals surface area contributed by atoms with Gasteiger partial charge in [0.15, 0.2) is 0 Å². The van der Waals surface area contributed by atoms with Crippen molar-refractivity contribution in [3.8, 4) is 10.4 Å². The Morgan fingerprint density at radius 2 is 2.00 bits per heavy atom. The van der Waals surface area contributed by atoms with Crippen LogP contribution in [0.4, 0.5) is 0 Å². The van der Waals surface area contributed by atoms with Crippen LogP contribution >= 0.6 is 11.3 Å². The van der Waals surface area contributed by atoms with Crippen molar-refractivity contribution in [1.29, 1.82) is 0 Å². The number of aryl methyl sites for hydroxylation is 3. The van der Waals surface area contributed by atoms with E-state index < -0.39 is 0 Å². The molecule has 0 bridgehead atoms. The van der Waals surface area contributed by atoms with E-state index >= 15 is 0 Å². The number of hydrogen-bond acceptors (Lipinski definition) is 2. The van der Waals surface area contributed by atoms with E-state index in [1.807, 2.05) is 0 Å². The predicted octanol–water partition coefficient (Wildman–Crippen LogP) is 4.22. The van der Waals surface area contributed by atoms with Gasteiger partial charge in [0.05, 0.1) is 15.6 Å². The first-order valence-electron chi connectivity index (χ1n) is 5.68. The van der Waals surface area contributed by atoms with E-state index in [0.717, 1.165) is 10.7 Å². The smallest absolute Gasteiger partial charge is 0.0903 e. The molecule has 2 nitrogen and oxygen atoms in total. The molecule has 0 aliphatic heterocycles. The van der Waals surface area contributed by atoms with E-state index in [1.54, 1.807) is 11.3 Å². The minimum atomic E-state index is 1.12. The highest BCUT2D eigenvalue weighted by Crippen LogP contribution is 2.35. The van der Waals surface area contributed by atoms with Gasteiger partial charge in [-0.3, -0.25) is 0 Å². The number of aromatic amines is 1. The normalized spacial score (nSPS) is 11.2. The van der Waals surface area contributed by atoms with Gasteiger partial charge in [0, 0.05) is 22.7 Å². The lowest BCUT2D eigenvalue weighted by Gasteiger charge is -1.98. The fraction of sp³-hybridized carbons (Fsp3) is 0.214. The number of benzene rings is 1. The minimum Gasteiger partial charge on any atom is -0.360 e. The topological polar surface area (TPSA) is 28.7 Å². The highest BCUT2D eigenvalue weighted by molar-refractivity contribution is 7.15. The molecule has 0 atom stereocenters. The molecule has 17 heavy (non-hydrogen) atoms. The van der Waals surface area contributed by atoms with Crippen molar-refractivity contribution in [3.05, 3.63) is 40.7 Å². The predicted molar refractivity (Wildman–Crippen MR) is 73.6 cm³/mol. The second-order valence-corrected chi connectivity index (χ2v) is 5.55. The number of nitrogens with one attached hydrogen (secondary N) is 1. The van der Waals surface area contributed by atoms with Crippen LogP contribution in [0.2, 0.25) is 0 Å². The number of aromatic nitrogens is 2. The Bertz CT molecular complexity index is 691. The fourth-order valence-corrected chi connectivity index (χ4v) is 3.23. The van der Waals surface area contributed by atoms with Gasteiger partial charge >= 0.3 is 0 Å². The molecule has 0 saturated carbocycles. The summed E-state index contributed by atoms with van der Waals surface area (Å²) in [5, 5.41) is 2.41. The van der Waals surface area contributed by atoms with E-state index in [1.165, 1.54) is 26.9 Å². The first kappa shape index (κ1) is 10.5. The molecule has 3 heteroatoms. The van der Waals surface area contributed by atoms with Crippen LogP contribution in [0, 0.1) is 20.8 Å². The Kier molecular flexibility index (Phi) is 2.30. The van der Waals surface area contributed by atoms with Crippen LogP contribution in [0.5, 0.6) is 0 Å². The molecule has 3 rings (SSSR count). The molecule has 0 aliphatic carbocycles. The van der Waals surface area contributed by atoms with Gasteiger partial charge in [-0.2, -0.15) is 0 Å². The molecule has 2 heterocycles. The fourth-order valence-electron chi connectivity index (χ4n) is 2.27. The Balaban J connectivity index is 2.32. The summed E-state index contributed by atoms with van der Waals surface area (Å²) in [5.74, 6) is 0. The lowest BCUT2D eigenvalue weighted by Crippen LogP contribution is -1.77. The Morgan fingerprint density at radius 3 is 2.71 bits per heavy atom. The van der Waals surface area contributed by atoms with Crippen molar-refractivity contribution in [2.45, 2.75) is 20.8 Å². The maximum atomic E-state index is 4.50. The molecule has 0 saturated heterocycles. The van der Waals surface area contributed by atoms with Crippen LogP contribution in [0.25, 0.3) is 21.3 Å². The number of rotatable bonds is 1. The third-order valence-electron chi connectivity index (χ3n) is 3.07. The second kappa shape index (κ2) is 3.70. The summed E-state index contributed by atoms with van der Waals surface area (Å²) in [5.41, 5.74) is 4.90. The highest BCUT2D eigenvalue weighted by atomic mass is 32.1. The standard InChI is InChI=1S/C14H14N2S/c1-8-5-4-6-11-12(7-15-13(8)11)14-9(2)16-10(3)17-14/h4-7,15H,1-3H3. The van der Waals surface area contributed by atoms with E-state index in [-0.39, 0.29) is 0 Å².